The van der Waals surface area contributed by atoms with Crippen LogP contribution in [-0.4, -0.2) is 126 Å². The lowest BCUT2D eigenvalue weighted by Gasteiger charge is -2.37. The van der Waals surface area contributed by atoms with Gasteiger partial charge in [0, 0.05) is 87.7 Å². The Labute approximate surface area is 326 Å². The second-order valence-corrected chi connectivity index (χ2v) is 16.4. The van der Waals surface area contributed by atoms with Crippen LogP contribution in [0.5, 0.6) is 5.75 Å². The molecular weight excluding hydrogens is 724 g/mol. The molecule has 3 saturated heterocycles. The summed E-state index contributed by atoms with van der Waals surface area (Å²) in [5.41, 5.74) is 1.22. The topological polar surface area (TPSA) is 112 Å². The van der Waals surface area contributed by atoms with Gasteiger partial charge in [-0.2, -0.15) is 0 Å². The summed E-state index contributed by atoms with van der Waals surface area (Å²) < 4.78 is 46.2. The maximum atomic E-state index is 14.9. The number of amides is 4. The molecule has 0 bridgehead atoms. The number of anilines is 1. The molecule has 0 N–H and O–H groups in total. The van der Waals surface area contributed by atoms with E-state index in [2.05, 4.69) is 0 Å². The molecule has 0 saturated carbocycles. The van der Waals surface area contributed by atoms with Crippen molar-refractivity contribution in [2.24, 2.45) is 0 Å². The molecule has 14 heteroatoms. The molecule has 3 fully saturated rings. The number of ether oxygens (including phenoxy) is 3. The Hall–Kier alpha value is -5.40. The average Bonchev–Trinajstić information content (AvgIpc) is 3.62. The molecule has 3 heterocycles. The Morgan fingerprint density at radius 3 is 1.73 bits per heavy atom. The molecule has 3 aliphatic heterocycles. The van der Waals surface area contributed by atoms with E-state index >= 15 is 0 Å². The number of benzene rings is 3. The predicted octanol–water partition coefficient (Wildman–Crippen LogP) is 6.68. The monoisotopic (exact) mass is 775 g/mol. The van der Waals surface area contributed by atoms with Gasteiger partial charge in [-0.25, -0.2) is 18.4 Å². The number of nitrogens with zero attached hydrogens (tertiary/aromatic N) is 5. The number of hydrogen-bond donors (Lipinski definition) is 0. The lowest BCUT2D eigenvalue weighted by atomic mass is 10.0. The van der Waals surface area contributed by atoms with Crippen LogP contribution in [0.3, 0.4) is 0 Å². The first-order valence-electron chi connectivity index (χ1n) is 19.1. The minimum atomic E-state index is -0.619. The van der Waals surface area contributed by atoms with E-state index < -0.39 is 35.0 Å². The fourth-order valence-electron chi connectivity index (χ4n) is 6.95. The molecule has 300 valence electrons. The third-order valence-corrected chi connectivity index (χ3v) is 9.75. The van der Waals surface area contributed by atoms with Gasteiger partial charge in [-0.05, 0) is 95.6 Å². The second-order valence-electron chi connectivity index (χ2n) is 16.4. The van der Waals surface area contributed by atoms with Gasteiger partial charge in [0.15, 0.2) is 0 Å². The lowest BCUT2D eigenvalue weighted by molar-refractivity contribution is 0.0238. The van der Waals surface area contributed by atoms with E-state index in [0.717, 1.165) is 0 Å². The van der Waals surface area contributed by atoms with Crippen LogP contribution in [-0.2, 0) is 9.47 Å². The van der Waals surface area contributed by atoms with Gasteiger partial charge in [0.05, 0.1) is 6.54 Å². The maximum absolute atomic E-state index is 14.9. The molecule has 0 radical (unpaired) electrons. The van der Waals surface area contributed by atoms with Gasteiger partial charge in [-0.15, -0.1) is 0 Å². The zero-order valence-corrected chi connectivity index (χ0v) is 33.0. The highest BCUT2D eigenvalue weighted by Crippen LogP contribution is 2.34. The van der Waals surface area contributed by atoms with Crippen LogP contribution in [0, 0.1) is 11.6 Å². The van der Waals surface area contributed by atoms with E-state index in [-0.39, 0.29) is 49.7 Å². The number of carbonyl (C=O) groups excluding carboxylic acids is 4. The molecule has 3 aliphatic rings. The summed E-state index contributed by atoms with van der Waals surface area (Å²) >= 11 is 0. The fraction of sp³-hybridized carbons (Fsp3) is 0.476. The average molecular weight is 776 g/mol. The van der Waals surface area contributed by atoms with Crippen LogP contribution < -0.4 is 9.64 Å². The standard InChI is InChI=1S/C42H51F2N5O7/c1-41(2,3)55-39(52)48-21-15-45(16-22-48)33-24-30(23-32(44)26-33)38(51)47-19-17-46(18-20-47)37(50)29-9-12-36(35(25-29)28-7-10-31(43)11-8-28)54-34-13-14-49(27-34)40(53)56-42(4,5)6/h7-12,23-26,34H,13-22,27H2,1-6H3/t34-/m0/s1. The van der Waals surface area contributed by atoms with Crippen LogP contribution in [0.25, 0.3) is 11.1 Å². The molecule has 0 unspecified atom stereocenters. The van der Waals surface area contributed by atoms with Crippen molar-refractivity contribution in [1.82, 2.24) is 19.6 Å². The second kappa shape index (κ2) is 16.4. The van der Waals surface area contributed by atoms with Gasteiger partial charge in [0.1, 0.15) is 34.7 Å². The third-order valence-electron chi connectivity index (χ3n) is 9.75. The Bertz CT molecular complexity index is 1930. The van der Waals surface area contributed by atoms with Crippen molar-refractivity contribution in [3.8, 4) is 16.9 Å². The molecule has 4 amide bonds. The quantitative estimate of drug-likeness (QED) is 0.273. The zero-order chi connectivity index (χ0) is 40.4. The van der Waals surface area contributed by atoms with Crippen LogP contribution in [0.15, 0.2) is 60.7 Å². The fourth-order valence-corrected chi connectivity index (χ4v) is 6.95. The van der Waals surface area contributed by atoms with Crippen LogP contribution in [0.1, 0.15) is 68.7 Å². The smallest absolute Gasteiger partial charge is 0.410 e. The summed E-state index contributed by atoms with van der Waals surface area (Å²) in [5, 5.41) is 0. The Balaban J connectivity index is 1.09. The van der Waals surface area contributed by atoms with Crippen molar-refractivity contribution < 1.29 is 42.2 Å². The Kier molecular flexibility index (Phi) is 11.8. The Morgan fingerprint density at radius 1 is 0.589 bits per heavy atom. The number of likely N-dealkylation sites (tertiary alicyclic amines) is 1. The summed E-state index contributed by atoms with van der Waals surface area (Å²) in [6, 6.07) is 15.4. The minimum absolute atomic E-state index is 0.213. The molecule has 6 rings (SSSR count). The highest BCUT2D eigenvalue weighted by Gasteiger charge is 2.33. The highest BCUT2D eigenvalue weighted by atomic mass is 19.1. The first kappa shape index (κ1) is 40.3. The summed E-state index contributed by atoms with van der Waals surface area (Å²) in [5.74, 6) is -0.997. The Morgan fingerprint density at radius 2 is 1.14 bits per heavy atom. The van der Waals surface area contributed by atoms with E-state index in [0.29, 0.717) is 73.8 Å². The van der Waals surface area contributed by atoms with Crippen molar-refractivity contribution in [2.75, 3.05) is 70.3 Å². The van der Waals surface area contributed by atoms with Crippen molar-refractivity contribution in [2.45, 2.75) is 65.3 Å². The maximum Gasteiger partial charge on any atom is 0.410 e. The molecule has 0 spiro atoms. The van der Waals surface area contributed by atoms with Gasteiger partial charge in [-0.1, -0.05) is 12.1 Å². The summed E-state index contributed by atoms with van der Waals surface area (Å²) in [7, 11) is 0. The molecule has 56 heavy (non-hydrogen) atoms. The molecule has 12 nitrogen and oxygen atoms in total. The number of rotatable bonds is 6. The first-order valence-corrected chi connectivity index (χ1v) is 19.1. The van der Waals surface area contributed by atoms with Gasteiger partial charge in [0.2, 0.25) is 0 Å². The number of carbonyl (C=O) groups is 4. The molecule has 3 aromatic rings. The summed E-state index contributed by atoms with van der Waals surface area (Å²) in [6.45, 7) is 14.5. The minimum Gasteiger partial charge on any atom is -0.488 e. The van der Waals surface area contributed by atoms with Crippen molar-refractivity contribution in [3.63, 3.8) is 0 Å². The van der Waals surface area contributed by atoms with E-state index in [1.54, 1.807) is 56.0 Å². The van der Waals surface area contributed by atoms with Crippen molar-refractivity contribution >= 4 is 29.7 Å². The molecule has 0 aliphatic carbocycles. The summed E-state index contributed by atoms with van der Waals surface area (Å²) in [6.07, 6.45) is -0.511. The SMILES string of the molecule is CC(C)(C)OC(=O)N1CCN(c2cc(F)cc(C(=O)N3CCN(C(=O)c4ccc(O[C@H]5CCN(C(=O)OC(C)(C)C)C5)c(-c5ccc(F)cc5)c4)CC3)c2)CC1. The van der Waals surface area contributed by atoms with Crippen molar-refractivity contribution in [3.05, 3.63) is 83.4 Å². The van der Waals surface area contributed by atoms with Crippen LogP contribution in [0.4, 0.5) is 24.1 Å². The van der Waals surface area contributed by atoms with E-state index in [4.69, 9.17) is 14.2 Å². The zero-order valence-electron chi connectivity index (χ0n) is 33.0. The third kappa shape index (κ3) is 10.1. The first-order chi connectivity index (χ1) is 26.4. The van der Waals surface area contributed by atoms with Gasteiger partial charge >= 0.3 is 12.2 Å². The van der Waals surface area contributed by atoms with Gasteiger partial charge in [0.25, 0.3) is 11.8 Å². The predicted molar refractivity (Wildman–Crippen MR) is 207 cm³/mol. The normalized spacial score (nSPS) is 17.9. The molecule has 0 aromatic heterocycles. The largest absolute Gasteiger partial charge is 0.488 e. The highest BCUT2D eigenvalue weighted by molar-refractivity contribution is 5.97. The lowest BCUT2D eigenvalue weighted by Crippen LogP contribution is -2.51. The molecule has 1 atom stereocenters. The van der Waals surface area contributed by atoms with Crippen molar-refractivity contribution in [1.29, 1.82) is 0 Å². The van der Waals surface area contributed by atoms with E-state index in [9.17, 15) is 28.0 Å². The number of piperazine rings is 2. The summed E-state index contributed by atoms with van der Waals surface area (Å²) in [4.78, 5) is 61.1. The van der Waals surface area contributed by atoms with Gasteiger partial charge in [-0.3, -0.25) is 9.59 Å². The molecule has 3 aromatic carbocycles. The number of halogens is 2. The molecular formula is C42H51F2N5O7. The number of hydrogen-bond acceptors (Lipinski definition) is 8. The van der Waals surface area contributed by atoms with E-state index in [1.165, 1.54) is 24.3 Å². The van der Waals surface area contributed by atoms with E-state index in [1.807, 2.05) is 46.4 Å². The van der Waals surface area contributed by atoms with Gasteiger partial charge < -0.3 is 38.7 Å². The van der Waals surface area contributed by atoms with Crippen LogP contribution in [0.2, 0.25) is 0 Å². The van der Waals surface area contributed by atoms with Crippen LogP contribution >= 0.6 is 0 Å².